The minimum Gasteiger partial charge on any atom is -0.460 e. The average molecular weight is 425 g/mol. The molecular weight excluding hydrogens is 400 g/mol. The Morgan fingerprint density at radius 3 is 2.27 bits per heavy atom. The summed E-state index contributed by atoms with van der Waals surface area (Å²) in [5.74, 6) is 0.589. The van der Waals surface area contributed by atoms with Gasteiger partial charge in [0.25, 0.3) is 0 Å². The number of aliphatic imine (C=N–C) groups is 1. The van der Waals surface area contributed by atoms with Crippen molar-refractivity contribution in [2.45, 2.75) is 46.8 Å². The second-order valence-electron chi connectivity index (χ2n) is 7.99. The third-order valence-corrected chi connectivity index (χ3v) is 4.59. The highest BCUT2D eigenvalue weighted by Gasteiger charge is 2.23. The van der Waals surface area contributed by atoms with Crippen molar-refractivity contribution < 1.29 is 14.1 Å². The van der Waals surface area contributed by atoms with Crippen LogP contribution in [0, 0.1) is 6.92 Å². The minimum absolute atomic E-state index is 0.225. The summed E-state index contributed by atoms with van der Waals surface area (Å²) in [6.45, 7) is 9.39. The molecule has 156 valence electrons. The zero-order valence-electron chi connectivity index (χ0n) is 17.8. The molecule has 0 unspecified atom stereocenters. The van der Waals surface area contributed by atoms with Gasteiger partial charge in [0.2, 0.25) is 0 Å². The zero-order chi connectivity index (χ0) is 21.9. The van der Waals surface area contributed by atoms with Gasteiger partial charge in [0.15, 0.2) is 5.76 Å². The molecule has 0 amide bonds. The van der Waals surface area contributed by atoms with E-state index >= 15 is 0 Å². The number of esters is 1. The molecule has 0 atom stereocenters. The van der Waals surface area contributed by atoms with Gasteiger partial charge in [0.05, 0.1) is 17.0 Å². The lowest BCUT2D eigenvalue weighted by Crippen LogP contribution is -2.21. The summed E-state index contributed by atoms with van der Waals surface area (Å²) in [5.41, 5.74) is 5.84. The van der Waals surface area contributed by atoms with Gasteiger partial charge in [-0.3, -0.25) is 9.79 Å². The molecule has 6 heteroatoms. The van der Waals surface area contributed by atoms with E-state index in [4.69, 9.17) is 25.9 Å². The lowest BCUT2D eigenvalue weighted by Gasteiger charge is -2.17. The van der Waals surface area contributed by atoms with Crippen molar-refractivity contribution in [3.8, 4) is 11.1 Å². The highest BCUT2D eigenvalue weighted by Crippen LogP contribution is 2.34. The number of hydrogen-bond donors (Lipinski definition) is 0. The summed E-state index contributed by atoms with van der Waals surface area (Å²) >= 11 is 6.00. The number of rotatable bonds is 1. The number of halogens is 1. The van der Waals surface area contributed by atoms with E-state index in [1.165, 1.54) is 6.92 Å². The number of benzene rings is 2. The van der Waals surface area contributed by atoms with Crippen LogP contribution in [0.2, 0.25) is 5.02 Å². The maximum absolute atomic E-state index is 10.2. The molecule has 1 aromatic heterocycles. The van der Waals surface area contributed by atoms with Crippen LogP contribution in [-0.2, 0) is 16.1 Å². The highest BCUT2D eigenvalue weighted by molar-refractivity contribution is 6.30. The number of hydrogen-bond acceptors (Lipinski definition) is 5. The molecule has 0 saturated heterocycles. The molecule has 4 rings (SSSR count). The first-order valence-corrected chi connectivity index (χ1v) is 10.1. The first kappa shape index (κ1) is 21.8. The van der Waals surface area contributed by atoms with E-state index < -0.39 is 0 Å². The van der Waals surface area contributed by atoms with Crippen molar-refractivity contribution in [1.29, 1.82) is 0 Å². The number of aromatic nitrogens is 1. The van der Waals surface area contributed by atoms with E-state index in [-0.39, 0.29) is 11.6 Å². The van der Waals surface area contributed by atoms with E-state index in [1.54, 1.807) is 0 Å². The maximum atomic E-state index is 10.2. The van der Waals surface area contributed by atoms with Gasteiger partial charge in [-0.05, 0) is 45.4 Å². The minimum atomic E-state index is -0.328. The number of carbonyl (C=O) groups is 1. The van der Waals surface area contributed by atoms with Crippen LogP contribution < -0.4 is 0 Å². The molecule has 2 heterocycles. The molecule has 0 bridgehead atoms. The molecule has 5 nitrogen and oxygen atoms in total. The van der Waals surface area contributed by atoms with Crippen molar-refractivity contribution in [1.82, 2.24) is 5.16 Å². The summed E-state index contributed by atoms with van der Waals surface area (Å²) in [6.07, 6.45) is 0. The molecule has 0 fully saturated rings. The Hall–Kier alpha value is -2.92. The lowest BCUT2D eigenvalue weighted by atomic mass is 9.93. The van der Waals surface area contributed by atoms with E-state index in [0.717, 1.165) is 44.4 Å². The van der Waals surface area contributed by atoms with Gasteiger partial charge in [-0.2, -0.15) is 0 Å². The van der Waals surface area contributed by atoms with E-state index in [9.17, 15) is 4.79 Å². The van der Waals surface area contributed by atoms with Gasteiger partial charge in [-0.1, -0.05) is 53.2 Å². The van der Waals surface area contributed by atoms with Gasteiger partial charge in [0.1, 0.15) is 12.1 Å². The number of carbonyl (C=O) groups excluding carboxylic acids is 1. The number of fused-ring (bicyclic) bond motifs is 3. The van der Waals surface area contributed by atoms with Crippen LogP contribution in [0.5, 0.6) is 0 Å². The molecule has 0 N–H and O–H groups in total. The summed E-state index contributed by atoms with van der Waals surface area (Å²) in [4.78, 5) is 15.0. The third kappa shape index (κ3) is 5.16. The van der Waals surface area contributed by atoms with Crippen molar-refractivity contribution in [2.24, 2.45) is 4.99 Å². The van der Waals surface area contributed by atoms with Crippen molar-refractivity contribution >= 4 is 23.3 Å². The van der Waals surface area contributed by atoms with Gasteiger partial charge < -0.3 is 9.26 Å². The second kappa shape index (κ2) is 8.84. The number of aryl methyl sites for hydroxylation is 1. The zero-order valence-corrected chi connectivity index (χ0v) is 18.6. The first-order valence-electron chi connectivity index (χ1n) is 9.70. The summed E-state index contributed by atoms with van der Waals surface area (Å²) < 4.78 is 10.2. The maximum Gasteiger partial charge on any atom is 0.303 e. The van der Waals surface area contributed by atoms with E-state index in [0.29, 0.717) is 6.54 Å². The molecule has 1 aliphatic heterocycles. The van der Waals surface area contributed by atoms with Crippen LogP contribution >= 0.6 is 11.6 Å². The second-order valence-corrected chi connectivity index (χ2v) is 8.43. The molecule has 30 heavy (non-hydrogen) atoms. The SMILES string of the molecule is CC(=O)OC(C)(C)C.Cc1noc2c1-c1ccccc1C(c1ccc(Cl)cc1)=NC2. The third-order valence-electron chi connectivity index (χ3n) is 4.33. The van der Waals surface area contributed by atoms with Crippen LogP contribution in [0.25, 0.3) is 11.1 Å². The van der Waals surface area contributed by atoms with Gasteiger partial charge in [-0.15, -0.1) is 0 Å². The average Bonchev–Trinajstić information content (AvgIpc) is 2.93. The van der Waals surface area contributed by atoms with Crippen molar-refractivity contribution in [2.75, 3.05) is 0 Å². The van der Waals surface area contributed by atoms with Gasteiger partial charge in [-0.25, -0.2) is 0 Å². The molecule has 2 aromatic carbocycles. The predicted octanol–water partition coefficient (Wildman–Crippen LogP) is 6.00. The largest absolute Gasteiger partial charge is 0.460 e. The van der Waals surface area contributed by atoms with Gasteiger partial charge in [0, 0.05) is 23.1 Å². The quantitative estimate of drug-likeness (QED) is 0.449. The standard InChI is InChI=1S/C18H13ClN2O.C6H12O2/c1-11-17-14-4-2-3-5-15(14)18(20-10-16(17)22-21-11)12-6-8-13(19)9-7-12;1-5(7)8-6(2,3)4/h2-9H,10H2,1H3;1-4H3. The summed E-state index contributed by atoms with van der Waals surface area (Å²) in [6, 6.07) is 16.0. The Labute approximate surface area is 181 Å². The normalized spacial score (nSPS) is 12.5. The molecule has 0 saturated carbocycles. The molecule has 0 aliphatic carbocycles. The molecule has 0 radical (unpaired) electrons. The summed E-state index contributed by atoms with van der Waals surface area (Å²) in [5, 5.41) is 4.81. The van der Waals surface area contributed by atoms with Crippen LogP contribution in [0.15, 0.2) is 58.0 Å². The van der Waals surface area contributed by atoms with Crippen LogP contribution in [0.3, 0.4) is 0 Å². The highest BCUT2D eigenvalue weighted by atomic mass is 35.5. The van der Waals surface area contributed by atoms with Crippen molar-refractivity contribution in [3.63, 3.8) is 0 Å². The fourth-order valence-corrected chi connectivity index (χ4v) is 3.43. The Morgan fingerprint density at radius 2 is 1.70 bits per heavy atom. The fourth-order valence-electron chi connectivity index (χ4n) is 3.30. The molecule has 3 aromatic rings. The van der Waals surface area contributed by atoms with Crippen LogP contribution in [0.4, 0.5) is 0 Å². The monoisotopic (exact) mass is 424 g/mol. The lowest BCUT2D eigenvalue weighted by molar-refractivity contribution is -0.151. The predicted molar refractivity (Wildman–Crippen MR) is 119 cm³/mol. The summed E-state index contributed by atoms with van der Waals surface area (Å²) in [7, 11) is 0. The van der Waals surface area contributed by atoms with Crippen LogP contribution in [0.1, 0.15) is 50.3 Å². The fraction of sp³-hybridized carbons (Fsp3) is 0.292. The topological polar surface area (TPSA) is 64.7 Å². The Kier molecular flexibility index (Phi) is 6.42. The molecular formula is C24H25ClN2O3. The van der Waals surface area contributed by atoms with Gasteiger partial charge >= 0.3 is 5.97 Å². The molecule has 1 aliphatic rings. The Bertz CT molecular complexity index is 1080. The number of ether oxygens (including phenoxy) is 1. The Morgan fingerprint density at radius 1 is 1.07 bits per heavy atom. The smallest absolute Gasteiger partial charge is 0.303 e. The van der Waals surface area contributed by atoms with E-state index in [2.05, 4.69) is 17.3 Å². The van der Waals surface area contributed by atoms with Crippen LogP contribution in [-0.4, -0.2) is 22.4 Å². The molecule has 0 spiro atoms. The first-order chi connectivity index (χ1) is 14.2. The van der Waals surface area contributed by atoms with Crippen molar-refractivity contribution in [3.05, 3.63) is 76.1 Å². The van der Waals surface area contributed by atoms with E-state index in [1.807, 2.05) is 64.1 Å². The number of nitrogens with zero attached hydrogens (tertiary/aromatic N) is 2. The Balaban J connectivity index is 0.000000275.